The maximum Gasteiger partial charge on any atom is 0.251 e. The Hall–Kier alpha value is -1.43. The molecule has 0 bridgehead atoms. The first-order valence-electron chi connectivity index (χ1n) is 3.82. The zero-order valence-corrected chi connectivity index (χ0v) is 8.85. The summed E-state index contributed by atoms with van der Waals surface area (Å²) in [5, 5.41) is 7.36. The number of rotatable bonds is 2. The van der Waals surface area contributed by atoms with Crippen LogP contribution in [0.1, 0.15) is 16.2 Å². The number of halogens is 1. The molecule has 0 aliphatic rings. The Morgan fingerprint density at radius 2 is 2.43 bits per heavy atom. The highest BCUT2D eigenvalue weighted by Crippen LogP contribution is 2.19. The molecule has 0 aromatic carbocycles. The zero-order valence-electron chi connectivity index (χ0n) is 7.27. The van der Waals surface area contributed by atoms with E-state index >= 15 is 0 Å². The van der Waals surface area contributed by atoms with Crippen molar-refractivity contribution in [3.8, 4) is 0 Å². The lowest BCUT2D eigenvalue weighted by molar-refractivity contribution is 0.100. The minimum atomic E-state index is -0.282. The van der Waals surface area contributed by atoms with E-state index in [0.717, 1.165) is 0 Å². The summed E-state index contributed by atoms with van der Waals surface area (Å²) in [6.07, 6.45) is 2.98. The van der Waals surface area contributed by atoms with E-state index in [4.69, 9.17) is 4.42 Å². The third-order valence-corrected chi connectivity index (χ3v) is 2.28. The first kappa shape index (κ1) is 9.14. The summed E-state index contributed by atoms with van der Waals surface area (Å²) in [6, 6.07) is 1.66. The SMILES string of the molecule is Cn1cc(C(=O)c2occc2Br)nn1. The Morgan fingerprint density at radius 3 is 2.93 bits per heavy atom. The van der Waals surface area contributed by atoms with Crippen molar-refractivity contribution < 1.29 is 9.21 Å². The summed E-state index contributed by atoms with van der Waals surface area (Å²) >= 11 is 3.20. The molecule has 0 saturated heterocycles. The van der Waals surface area contributed by atoms with Crippen LogP contribution in [0.25, 0.3) is 0 Å². The van der Waals surface area contributed by atoms with Gasteiger partial charge in [-0.25, -0.2) is 0 Å². The fourth-order valence-corrected chi connectivity index (χ4v) is 1.40. The number of aromatic nitrogens is 3. The number of hydrogen-bond donors (Lipinski definition) is 0. The van der Waals surface area contributed by atoms with E-state index in [2.05, 4.69) is 26.2 Å². The lowest BCUT2D eigenvalue weighted by Gasteiger charge is -1.90. The first-order chi connectivity index (χ1) is 6.68. The quantitative estimate of drug-likeness (QED) is 0.762. The van der Waals surface area contributed by atoms with Gasteiger partial charge in [0, 0.05) is 7.05 Å². The van der Waals surface area contributed by atoms with Gasteiger partial charge in [0.05, 0.1) is 16.9 Å². The molecule has 6 heteroatoms. The molecule has 2 heterocycles. The summed E-state index contributed by atoms with van der Waals surface area (Å²) in [6.45, 7) is 0. The maximum atomic E-state index is 11.7. The van der Waals surface area contributed by atoms with Crippen LogP contribution in [0.3, 0.4) is 0 Å². The fourth-order valence-electron chi connectivity index (χ4n) is 1.02. The smallest absolute Gasteiger partial charge is 0.251 e. The van der Waals surface area contributed by atoms with Gasteiger partial charge >= 0.3 is 0 Å². The largest absolute Gasteiger partial charge is 0.460 e. The normalized spacial score (nSPS) is 10.4. The highest BCUT2D eigenvalue weighted by molar-refractivity contribution is 9.10. The van der Waals surface area contributed by atoms with Crippen LogP contribution in [0.5, 0.6) is 0 Å². The molecule has 2 rings (SSSR count). The Kier molecular flexibility index (Phi) is 2.20. The van der Waals surface area contributed by atoms with Crippen LogP contribution >= 0.6 is 15.9 Å². The Morgan fingerprint density at radius 1 is 1.64 bits per heavy atom. The lowest BCUT2D eigenvalue weighted by atomic mass is 10.2. The summed E-state index contributed by atoms with van der Waals surface area (Å²) < 4.78 is 7.10. The summed E-state index contributed by atoms with van der Waals surface area (Å²) in [4.78, 5) is 11.7. The van der Waals surface area contributed by atoms with Crippen LogP contribution in [-0.2, 0) is 7.05 Å². The molecule has 2 aromatic heterocycles. The molecule has 0 amide bonds. The number of furan rings is 1. The highest BCUT2D eigenvalue weighted by Gasteiger charge is 2.18. The standard InChI is InChI=1S/C8H6BrN3O2/c1-12-4-6(10-11-12)7(13)8-5(9)2-3-14-8/h2-4H,1H3. The van der Waals surface area contributed by atoms with Gasteiger partial charge in [0.1, 0.15) is 0 Å². The molecule has 0 radical (unpaired) electrons. The van der Waals surface area contributed by atoms with Crippen molar-refractivity contribution >= 4 is 21.7 Å². The van der Waals surface area contributed by atoms with E-state index in [-0.39, 0.29) is 17.2 Å². The van der Waals surface area contributed by atoms with E-state index < -0.39 is 0 Å². The van der Waals surface area contributed by atoms with Crippen LogP contribution in [0.4, 0.5) is 0 Å². The average molecular weight is 256 g/mol. The topological polar surface area (TPSA) is 60.9 Å². The molecule has 14 heavy (non-hydrogen) atoms. The van der Waals surface area contributed by atoms with Crippen molar-refractivity contribution in [2.24, 2.45) is 7.05 Å². The van der Waals surface area contributed by atoms with Crippen molar-refractivity contribution in [1.29, 1.82) is 0 Å². The number of aryl methyl sites for hydroxylation is 1. The second-order valence-electron chi connectivity index (χ2n) is 2.70. The third kappa shape index (κ3) is 1.48. The molecule has 0 spiro atoms. The van der Waals surface area contributed by atoms with Gasteiger partial charge in [-0.05, 0) is 22.0 Å². The summed E-state index contributed by atoms with van der Waals surface area (Å²) in [5.74, 6) is -0.0412. The van der Waals surface area contributed by atoms with Crippen molar-refractivity contribution in [1.82, 2.24) is 15.0 Å². The molecule has 72 valence electrons. The molecule has 0 atom stereocenters. The number of carbonyl (C=O) groups excluding carboxylic acids is 1. The van der Waals surface area contributed by atoms with Gasteiger partial charge < -0.3 is 4.42 Å². The van der Waals surface area contributed by atoms with Gasteiger partial charge in [0.25, 0.3) is 5.78 Å². The van der Waals surface area contributed by atoms with Crippen molar-refractivity contribution in [2.75, 3.05) is 0 Å². The predicted molar refractivity (Wildman–Crippen MR) is 50.8 cm³/mol. The number of hydrogen-bond acceptors (Lipinski definition) is 4. The van der Waals surface area contributed by atoms with E-state index in [9.17, 15) is 4.79 Å². The van der Waals surface area contributed by atoms with Crippen molar-refractivity contribution in [3.05, 3.63) is 34.5 Å². The summed E-state index contributed by atoms with van der Waals surface area (Å²) in [5.41, 5.74) is 0.267. The molecule has 0 aliphatic heterocycles. The van der Waals surface area contributed by atoms with Crippen LogP contribution in [0.15, 0.2) is 27.4 Å². The monoisotopic (exact) mass is 255 g/mol. The minimum Gasteiger partial charge on any atom is -0.460 e. The molecular weight excluding hydrogens is 250 g/mol. The fraction of sp³-hybridized carbons (Fsp3) is 0.125. The molecular formula is C8H6BrN3O2. The minimum absolute atomic E-state index is 0.241. The Balaban J connectivity index is 2.38. The van der Waals surface area contributed by atoms with Crippen LogP contribution in [0, 0.1) is 0 Å². The molecule has 0 N–H and O–H groups in total. The summed E-state index contributed by atoms with van der Waals surface area (Å²) in [7, 11) is 1.70. The molecule has 0 fully saturated rings. The maximum absolute atomic E-state index is 11.7. The molecule has 5 nitrogen and oxygen atoms in total. The third-order valence-electron chi connectivity index (χ3n) is 1.66. The van der Waals surface area contributed by atoms with Gasteiger partial charge in [-0.15, -0.1) is 5.10 Å². The number of ketones is 1. The molecule has 0 aliphatic carbocycles. The number of carbonyl (C=O) groups is 1. The van der Waals surface area contributed by atoms with Crippen molar-refractivity contribution in [2.45, 2.75) is 0 Å². The van der Waals surface area contributed by atoms with Gasteiger partial charge in [-0.2, -0.15) is 0 Å². The van der Waals surface area contributed by atoms with Gasteiger partial charge in [-0.3, -0.25) is 9.48 Å². The number of nitrogens with zero attached hydrogens (tertiary/aromatic N) is 3. The van der Waals surface area contributed by atoms with E-state index in [1.54, 1.807) is 13.1 Å². The van der Waals surface area contributed by atoms with Gasteiger partial charge in [0.2, 0.25) is 0 Å². The van der Waals surface area contributed by atoms with Gasteiger partial charge in [-0.1, -0.05) is 5.21 Å². The first-order valence-corrected chi connectivity index (χ1v) is 4.62. The Bertz CT molecular complexity index is 474. The Labute approximate surface area is 87.8 Å². The average Bonchev–Trinajstić information content (AvgIpc) is 2.73. The van der Waals surface area contributed by atoms with E-state index in [1.807, 2.05) is 0 Å². The molecule has 0 saturated carbocycles. The second-order valence-corrected chi connectivity index (χ2v) is 3.56. The van der Waals surface area contributed by atoms with Crippen LogP contribution < -0.4 is 0 Å². The van der Waals surface area contributed by atoms with Gasteiger partial charge in [0.15, 0.2) is 11.5 Å². The zero-order chi connectivity index (χ0) is 10.1. The van der Waals surface area contributed by atoms with Crippen LogP contribution in [-0.4, -0.2) is 20.8 Å². The molecule has 2 aromatic rings. The van der Waals surface area contributed by atoms with Crippen LogP contribution in [0.2, 0.25) is 0 Å². The van der Waals surface area contributed by atoms with E-state index in [0.29, 0.717) is 4.47 Å². The highest BCUT2D eigenvalue weighted by atomic mass is 79.9. The predicted octanol–water partition coefficient (Wildman–Crippen LogP) is 1.40. The van der Waals surface area contributed by atoms with Crippen molar-refractivity contribution in [3.63, 3.8) is 0 Å². The molecule has 0 unspecified atom stereocenters. The van der Waals surface area contributed by atoms with E-state index in [1.165, 1.54) is 17.1 Å². The lowest BCUT2D eigenvalue weighted by Crippen LogP contribution is -2.00. The second kappa shape index (κ2) is 3.38.